The molecule has 2 aliphatic rings. The van der Waals surface area contributed by atoms with E-state index < -0.39 is 35.6 Å². The van der Waals surface area contributed by atoms with Crippen molar-refractivity contribution in [1.29, 1.82) is 0 Å². The first-order chi connectivity index (χ1) is 22.7. The number of hydrogen-bond acceptors (Lipinski definition) is 6. The van der Waals surface area contributed by atoms with E-state index in [1.165, 1.54) is 18.2 Å². The number of piperidine rings is 1. The molecule has 1 fully saturated rings. The first-order valence-electron chi connectivity index (χ1n) is 16.2. The Balaban J connectivity index is 1.40. The second kappa shape index (κ2) is 16.2. The Morgan fingerprint density at radius 2 is 1.87 bits per heavy atom. The molecule has 1 aromatic heterocycles. The van der Waals surface area contributed by atoms with Gasteiger partial charge < -0.3 is 25.6 Å². The molecule has 47 heavy (non-hydrogen) atoms. The van der Waals surface area contributed by atoms with Gasteiger partial charge in [0.15, 0.2) is 0 Å². The van der Waals surface area contributed by atoms with Gasteiger partial charge in [-0.25, -0.2) is 4.39 Å². The molecular weight excluding hydrogens is 601 g/mol. The molecule has 0 radical (unpaired) electrons. The second-order valence-corrected chi connectivity index (χ2v) is 12.3. The molecule has 1 saturated heterocycles. The number of halogens is 1. The van der Waals surface area contributed by atoms with E-state index in [1.54, 1.807) is 23.4 Å². The summed E-state index contributed by atoms with van der Waals surface area (Å²) in [6.45, 7) is 3.74. The van der Waals surface area contributed by atoms with Crippen LogP contribution in [0.5, 0.6) is 5.75 Å². The molecule has 0 spiro atoms. The normalized spacial score (nSPS) is 21.0. The average Bonchev–Trinajstić information content (AvgIpc) is 3.07. The number of carbonyl (C=O) groups is 4. The van der Waals surface area contributed by atoms with Crippen molar-refractivity contribution in [2.45, 2.75) is 70.5 Å². The van der Waals surface area contributed by atoms with E-state index in [0.717, 1.165) is 36.0 Å². The minimum Gasteiger partial charge on any atom is -0.494 e. The predicted molar refractivity (Wildman–Crippen MR) is 174 cm³/mol. The van der Waals surface area contributed by atoms with Crippen molar-refractivity contribution in [1.82, 2.24) is 25.8 Å². The smallest absolute Gasteiger partial charge is 0.243 e. The van der Waals surface area contributed by atoms with E-state index >= 15 is 0 Å². The monoisotopic (exact) mass is 643 g/mol. The molecule has 2 aliphatic heterocycles. The fourth-order valence-electron chi connectivity index (χ4n) is 6.08. The standard InChI is InChI=1S/C36H42FN5O5/c1-24-8-10-29-19-28(24)22-39-35(45)31(11-9-25-12-15-38-16-13-25)41-36(46)32(40-33(43)20-27-6-2-3-7-30(27)37)21-34(44)42-17-4-5-26(23-42)14-18-47-29/h2-3,6-8,10,12-13,15-16,19,26,31-32H,4-5,9,11,14,17-18,20-23H2,1H3,(H,39,45)(H,40,43)(H,41,46)/t26?,31-,32-/m0/s1. The topological polar surface area (TPSA) is 130 Å². The summed E-state index contributed by atoms with van der Waals surface area (Å²) < 4.78 is 20.4. The molecular formula is C36H42FN5O5. The van der Waals surface area contributed by atoms with Crippen molar-refractivity contribution < 1.29 is 28.3 Å². The maximum atomic E-state index is 14.3. The number of hydrogen-bond donors (Lipinski definition) is 3. The van der Waals surface area contributed by atoms with Gasteiger partial charge in [-0.15, -0.1) is 0 Å². The predicted octanol–water partition coefficient (Wildman–Crippen LogP) is 3.40. The highest BCUT2D eigenvalue weighted by Crippen LogP contribution is 2.23. The maximum Gasteiger partial charge on any atom is 0.243 e. The molecule has 3 N–H and O–H groups in total. The molecule has 3 heterocycles. The van der Waals surface area contributed by atoms with Gasteiger partial charge >= 0.3 is 0 Å². The molecule has 10 nitrogen and oxygen atoms in total. The van der Waals surface area contributed by atoms with Crippen molar-refractivity contribution in [3.05, 3.63) is 95.1 Å². The number of aryl methyl sites for hydroxylation is 2. The lowest BCUT2D eigenvalue weighted by molar-refractivity contribution is -0.138. The molecule has 4 amide bonds. The third kappa shape index (κ3) is 9.60. The Morgan fingerprint density at radius 1 is 1.06 bits per heavy atom. The summed E-state index contributed by atoms with van der Waals surface area (Å²) in [6.07, 6.45) is 6.00. The molecule has 4 bridgehead atoms. The number of fused-ring (bicyclic) bond motifs is 4. The highest BCUT2D eigenvalue weighted by molar-refractivity contribution is 5.95. The number of nitrogens with zero attached hydrogens (tertiary/aromatic N) is 2. The van der Waals surface area contributed by atoms with E-state index in [0.29, 0.717) is 31.9 Å². The first-order valence-corrected chi connectivity index (χ1v) is 16.2. The van der Waals surface area contributed by atoms with Gasteiger partial charge in [0.05, 0.1) is 19.4 Å². The molecule has 0 aliphatic carbocycles. The van der Waals surface area contributed by atoms with Crippen LogP contribution in [-0.2, 0) is 38.6 Å². The zero-order chi connectivity index (χ0) is 33.2. The number of amides is 4. The van der Waals surface area contributed by atoms with Gasteiger partial charge in [0.2, 0.25) is 23.6 Å². The van der Waals surface area contributed by atoms with Gasteiger partial charge in [-0.3, -0.25) is 24.2 Å². The maximum absolute atomic E-state index is 14.3. The summed E-state index contributed by atoms with van der Waals surface area (Å²) in [4.78, 5) is 60.0. The zero-order valence-corrected chi connectivity index (χ0v) is 26.7. The Labute approximate surface area is 274 Å². The highest BCUT2D eigenvalue weighted by atomic mass is 19.1. The minimum atomic E-state index is -1.26. The Morgan fingerprint density at radius 3 is 2.68 bits per heavy atom. The molecule has 2 aromatic carbocycles. The first kappa shape index (κ1) is 33.6. The summed E-state index contributed by atoms with van der Waals surface area (Å²) in [6, 6.07) is 13.1. The van der Waals surface area contributed by atoms with Gasteiger partial charge in [-0.05, 0) is 97.5 Å². The van der Waals surface area contributed by atoms with Gasteiger partial charge in [0.1, 0.15) is 23.7 Å². The van der Waals surface area contributed by atoms with Crippen molar-refractivity contribution in [3.8, 4) is 5.75 Å². The number of pyridine rings is 1. The molecule has 0 saturated carbocycles. The van der Waals surface area contributed by atoms with E-state index in [4.69, 9.17) is 4.74 Å². The molecule has 248 valence electrons. The lowest BCUT2D eigenvalue weighted by Crippen LogP contribution is -2.55. The van der Waals surface area contributed by atoms with Crippen molar-refractivity contribution in [2.24, 2.45) is 5.92 Å². The molecule has 3 aromatic rings. The van der Waals surface area contributed by atoms with Crippen LogP contribution >= 0.6 is 0 Å². The van der Waals surface area contributed by atoms with E-state index in [-0.39, 0.29) is 43.2 Å². The highest BCUT2D eigenvalue weighted by Gasteiger charge is 2.32. The van der Waals surface area contributed by atoms with Crippen LogP contribution < -0.4 is 20.7 Å². The van der Waals surface area contributed by atoms with Crippen molar-refractivity contribution in [3.63, 3.8) is 0 Å². The summed E-state index contributed by atoms with van der Waals surface area (Å²) in [5, 5.41) is 8.44. The molecule has 5 rings (SSSR count). The van der Waals surface area contributed by atoms with Gasteiger partial charge in [-0.1, -0.05) is 24.3 Å². The summed E-state index contributed by atoms with van der Waals surface area (Å²) in [5.41, 5.74) is 2.99. The third-order valence-corrected chi connectivity index (χ3v) is 8.88. The fraction of sp³-hybridized carbons (Fsp3) is 0.417. The molecule has 1 unspecified atom stereocenters. The Bertz CT molecular complexity index is 1570. The Hall–Kier alpha value is -4.80. The summed E-state index contributed by atoms with van der Waals surface area (Å²) in [7, 11) is 0. The van der Waals surface area contributed by atoms with Crippen LogP contribution in [0.1, 0.15) is 54.4 Å². The Kier molecular flexibility index (Phi) is 11.5. The fourth-order valence-corrected chi connectivity index (χ4v) is 6.08. The van der Waals surface area contributed by atoms with E-state index in [2.05, 4.69) is 20.9 Å². The lowest BCUT2D eigenvalue weighted by atomic mass is 9.94. The van der Waals surface area contributed by atoms with Gasteiger partial charge in [0, 0.05) is 32.0 Å². The number of aromatic nitrogens is 1. The van der Waals surface area contributed by atoms with Crippen LogP contribution in [0, 0.1) is 18.7 Å². The van der Waals surface area contributed by atoms with Crippen LogP contribution in [0.15, 0.2) is 67.0 Å². The minimum absolute atomic E-state index is 0.173. The van der Waals surface area contributed by atoms with E-state index in [9.17, 15) is 23.6 Å². The van der Waals surface area contributed by atoms with Gasteiger partial charge in [0.25, 0.3) is 0 Å². The molecule has 3 atom stereocenters. The number of ether oxygens (including phenoxy) is 1. The van der Waals surface area contributed by atoms with Crippen LogP contribution in [0.25, 0.3) is 0 Å². The van der Waals surface area contributed by atoms with Gasteiger partial charge in [-0.2, -0.15) is 0 Å². The zero-order valence-electron chi connectivity index (χ0n) is 26.7. The van der Waals surface area contributed by atoms with Crippen LogP contribution in [0.2, 0.25) is 0 Å². The SMILES string of the molecule is Cc1ccc2cc1CNC(=O)[C@H](CCc1ccncc1)NC(=O)[C@@H](NC(=O)Cc1ccccc1F)CC(=O)N1CCCC(CCO2)C1. The average molecular weight is 644 g/mol. The summed E-state index contributed by atoms with van der Waals surface area (Å²) in [5.74, 6) is -1.53. The lowest BCUT2D eigenvalue weighted by Gasteiger charge is -2.34. The third-order valence-electron chi connectivity index (χ3n) is 8.88. The number of nitrogens with one attached hydrogen (secondary N) is 3. The van der Waals surface area contributed by atoms with E-state index in [1.807, 2.05) is 37.3 Å². The van der Waals surface area contributed by atoms with Crippen LogP contribution in [0.3, 0.4) is 0 Å². The van der Waals surface area contributed by atoms with Crippen LogP contribution in [-0.4, -0.2) is 65.3 Å². The molecule has 11 heteroatoms. The summed E-state index contributed by atoms with van der Waals surface area (Å²) >= 11 is 0. The number of carbonyl (C=O) groups excluding carboxylic acids is 4. The van der Waals surface area contributed by atoms with Crippen molar-refractivity contribution >= 4 is 23.6 Å². The van der Waals surface area contributed by atoms with Crippen LogP contribution in [0.4, 0.5) is 4.39 Å². The number of rotatable bonds is 6. The number of benzene rings is 2. The second-order valence-electron chi connectivity index (χ2n) is 12.3. The largest absolute Gasteiger partial charge is 0.494 e. The quantitative estimate of drug-likeness (QED) is 0.378. The van der Waals surface area contributed by atoms with Crippen molar-refractivity contribution in [2.75, 3.05) is 19.7 Å².